The molecular formula is C13H10BrFN4S. The van der Waals surface area contributed by atoms with Gasteiger partial charge >= 0.3 is 0 Å². The van der Waals surface area contributed by atoms with E-state index in [2.05, 4.69) is 31.0 Å². The second kappa shape index (κ2) is 5.49. The van der Waals surface area contributed by atoms with Crippen LogP contribution < -0.4 is 0 Å². The van der Waals surface area contributed by atoms with Gasteiger partial charge in [0.05, 0.1) is 11.6 Å². The van der Waals surface area contributed by atoms with E-state index in [0.717, 1.165) is 20.5 Å². The average Bonchev–Trinajstić information content (AvgIpc) is 2.80. The molecule has 4 nitrogen and oxygen atoms in total. The van der Waals surface area contributed by atoms with Crippen LogP contribution in [0.1, 0.15) is 5.56 Å². The zero-order valence-electron chi connectivity index (χ0n) is 10.5. The van der Waals surface area contributed by atoms with E-state index in [-0.39, 0.29) is 5.82 Å². The Morgan fingerprint density at radius 1 is 1.35 bits per heavy atom. The fourth-order valence-electron chi connectivity index (χ4n) is 1.84. The van der Waals surface area contributed by atoms with Crippen LogP contribution in [0.4, 0.5) is 4.39 Å². The molecule has 2 heterocycles. The molecule has 0 aliphatic carbocycles. The van der Waals surface area contributed by atoms with Crippen LogP contribution in [0.5, 0.6) is 0 Å². The van der Waals surface area contributed by atoms with Crippen LogP contribution in [0.2, 0.25) is 0 Å². The molecule has 0 bridgehead atoms. The summed E-state index contributed by atoms with van der Waals surface area (Å²) in [5, 5.41) is 5.86. The number of aromatic nitrogens is 4. The van der Waals surface area contributed by atoms with Crippen LogP contribution in [0.25, 0.3) is 11.0 Å². The van der Waals surface area contributed by atoms with Crippen molar-refractivity contribution in [3.05, 3.63) is 46.6 Å². The molecule has 0 amide bonds. The highest BCUT2D eigenvalue weighted by atomic mass is 79.9. The minimum Gasteiger partial charge on any atom is -0.250 e. The van der Waals surface area contributed by atoms with Crippen LogP contribution in [0.3, 0.4) is 0 Å². The normalized spacial score (nSPS) is 11.2. The van der Waals surface area contributed by atoms with Crippen LogP contribution in [0, 0.1) is 5.82 Å². The molecule has 0 aliphatic rings. The molecule has 1 aromatic carbocycles. The first-order valence-corrected chi connectivity index (χ1v) is 7.62. The molecule has 0 unspecified atom stereocenters. The molecule has 0 atom stereocenters. The molecule has 0 N–H and O–H groups in total. The lowest BCUT2D eigenvalue weighted by Gasteiger charge is -2.04. The number of halogens is 2. The van der Waals surface area contributed by atoms with Crippen molar-refractivity contribution < 1.29 is 4.39 Å². The molecular weight excluding hydrogens is 343 g/mol. The van der Waals surface area contributed by atoms with Gasteiger partial charge in [-0.3, -0.25) is 4.68 Å². The van der Waals surface area contributed by atoms with E-state index in [1.807, 2.05) is 13.1 Å². The second-order valence-corrected chi connectivity index (χ2v) is 6.09. The molecule has 20 heavy (non-hydrogen) atoms. The molecule has 2 aromatic heterocycles. The third kappa shape index (κ3) is 2.55. The number of benzene rings is 1. The maximum absolute atomic E-state index is 13.8. The van der Waals surface area contributed by atoms with E-state index in [4.69, 9.17) is 0 Å². The first-order valence-electron chi connectivity index (χ1n) is 5.84. The first-order chi connectivity index (χ1) is 9.65. The summed E-state index contributed by atoms with van der Waals surface area (Å²) < 4.78 is 16.2. The Morgan fingerprint density at radius 2 is 2.20 bits per heavy atom. The van der Waals surface area contributed by atoms with Crippen LogP contribution >= 0.6 is 27.7 Å². The SMILES string of the molecule is Cn1ncc2c(SCc3ccc(Br)cc3F)ncnc21. The molecule has 3 aromatic rings. The van der Waals surface area contributed by atoms with Gasteiger partial charge in [0, 0.05) is 17.3 Å². The molecule has 0 spiro atoms. The lowest BCUT2D eigenvalue weighted by Crippen LogP contribution is -1.93. The van der Waals surface area contributed by atoms with Crippen molar-refractivity contribution in [1.29, 1.82) is 0 Å². The van der Waals surface area contributed by atoms with Gasteiger partial charge in [0.25, 0.3) is 0 Å². The Balaban J connectivity index is 1.87. The number of nitrogens with zero attached hydrogens (tertiary/aromatic N) is 4. The maximum Gasteiger partial charge on any atom is 0.162 e. The molecule has 0 fully saturated rings. The number of rotatable bonds is 3. The molecule has 0 radical (unpaired) electrons. The van der Waals surface area contributed by atoms with Crippen molar-refractivity contribution >= 4 is 38.7 Å². The fraction of sp³-hybridized carbons (Fsp3) is 0.154. The minimum atomic E-state index is -0.219. The molecule has 0 aliphatic heterocycles. The zero-order chi connectivity index (χ0) is 14.1. The Labute approximate surface area is 127 Å². The van der Waals surface area contributed by atoms with E-state index in [1.165, 1.54) is 24.2 Å². The fourth-order valence-corrected chi connectivity index (χ4v) is 3.12. The summed E-state index contributed by atoms with van der Waals surface area (Å²) >= 11 is 4.73. The number of aryl methyl sites for hydroxylation is 1. The number of hydrogen-bond acceptors (Lipinski definition) is 4. The molecule has 0 saturated carbocycles. The second-order valence-electron chi connectivity index (χ2n) is 4.21. The predicted octanol–water partition coefficient (Wildman–Crippen LogP) is 3.56. The Hall–Kier alpha value is -1.47. The van der Waals surface area contributed by atoms with Crippen molar-refractivity contribution in [2.45, 2.75) is 10.8 Å². The molecule has 0 saturated heterocycles. The highest BCUT2D eigenvalue weighted by Gasteiger charge is 2.10. The third-order valence-corrected chi connectivity index (χ3v) is 4.42. The number of hydrogen-bond donors (Lipinski definition) is 0. The van der Waals surface area contributed by atoms with Gasteiger partial charge < -0.3 is 0 Å². The van der Waals surface area contributed by atoms with Crippen molar-refractivity contribution in [3.63, 3.8) is 0 Å². The lowest BCUT2D eigenvalue weighted by atomic mass is 10.2. The summed E-state index contributed by atoms with van der Waals surface area (Å²) in [5.41, 5.74) is 1.42. The van der Waals surface area contributed by atoms with Crippen molar-refractivity contribution in [2.75, 3.05) is 0 Å². The van der Waals surface area contributed by atoms with E-state index in [0.29, 0.717) is 11.3 Å². The average molecular weight is 353 g/mol. The largest absolute Gasteiger partial charge is 0.250 e. The summed E-state index contributed by atoms with van der Waals surface area (Å²) in [6, 6.07) is 5.07. The number of fused-ring (bicyclic) bond motifs is 1. The summed E-state index contributed by atoms with van der Waals surface area (Å²) in [6.07, 6.45) is 3.24. The Bertz CT molecular complexity index is 774. The monoisotopic (exact) mass is 352 g/mol. The van der Waals surface area contributed by atoms with E-state index >= 15 is 0 Å². The summed E-state index contributed by atoms with van der Waals surface area (Å²) in [4.78, 5) is 8.43. The standard InChI is InChI=1S/C13H10BrFN4S/c1-19-12-10(5-18-19)13(17-7-16-12)20-6-8-2-3-9(14)4-11(8)15/h2-5,7H,6H2,1H3. The minimum absolute atomic E-state index is 0.219. The quantitative estimate of drug-likeness (QED) is 0.534. The van der Waals surface area contributed by atoms with Gasteiger partial charge in [0.1, 0.15) is 17.2 Å². The third-order valence-electron chi connectivity index (χ3n) is 2.87. The lowest BCUT2D eigenvalue weighted by molar-refractivity contribution is 0.616. The van der Waals surface area contributed by atoms with Gasteiger partial charge in [-0.2, -0.15) is 5.10 Å². The van der Waals surface area contributed by atoms with Crippen LogP contribution in [0.15, 0.2) is 40.2 Å². The summed E-state index contributed by atoms with van der Waals surface area (Å²) in [5.74, 6) is 0.295. The van der Waals surface area contributed by atoms with Crippen molar-refractivity contribution in [3.8, 4) is 0 Å². The highest BCUT2D eigenvalue weighted by Crippen LogP contribution is 2.28. The Morgan fingerprint density at radius 3 is 3.00 bits per heavy atom. The highest BCUT2D eigenvalue weighted by molar-refractivity contribution is 9.10. The molecule has 102 valence electrons. The van der Waals surface area contributed by atoms with Gasteiger partial charge in [0.15, 0.2) is 5.65 Å². The zero-order valence-corrected chi connectivity index (χ0v) is 12.9. The first kappa shape index (κ1) is 13.5. The van der Waals surface area contributed by atoms with Gasteiger partial charge in [-0.1, -0.05) is 22.0 Å². The van der Waals surface area contributed by atoms with Crippen LogP contribution in [-0.4, -0.2) is 19.7 Å². The summed E-state index contributed by atoms with van der Waals surface area (Å²) in [7, 11) is 1.83. The van der Waals surface area contributed by atoms with E-state index in [1.54, 1.807) is 16.9 Å². The smallest absolute Gasteiger partial charge is 0.162 e. The molecule has 3 rings (SSSR count). The van der Waals surface area contributed by atoms with Gasteiger partial charge in [-0.15, -0.1) is 11.8 Å². The topological polar surface area (TPSA) is 43.6 Å². The number of thioether (sulfide) groups is 1. The molecule has 7 heteroatoms. The van der Waals surface area contributed by atoms with Gasteiger partial charge in [-0.05, 0) is 17.7 Å². The Kier molecular flexibility index (Phi) is 3.71. The predicted molar refractivity (Wildman–Crippen MR) is 80.0 cm³/mol. The van der Waals surface area contributed by atoms with Gasteiger partial charge in [0.2, 0.25) is 0 Å². The van der Waals surface area contributed by atoms with Gasteiger partial charge in [-0.25, -0.2) is 14.4 Å². The van der Waals surface area contributed by atoms with E-state index < -0.39 is 0 Å². The maximum atomic E-state index is 13.8. The van der Waals surface area contributed by atoms with Crippen LogP contribution in [-0.2, 0) is 12.8 Å². The summed E-state index contributed by atoms with van der Waals surface area (Å²) in [6.45, 7) is 0. The van der Waals surface area contributed by atoms with E-state index in [9.17, 15) is 4.39 Å². The van der Waals surface area contributed by atoms with Crippen molar-refractivity contribution in [2.24, 2.45) is 7.05 Å². The van der Waals surface area contributed by atoms with Crippen molar-refractivity contribution in [1.82, 2.24) is 19.7 Å².